The molecule has 1 aromatic heterocycles. The van der Waals surface area contributed by atoms with E-state index in [1.807, 2.05) is 6.07 Å². The smallest absolute Gasteiger partial charge is 0.336 e. The Bertz CT molecular complexity index is 2010. The predicted octanol–water partition coefficient (Wildman–Crippen LogP) is -0.204. The lowest BCUT2D eigenvalue weighted by Gasteiger charge is -2.45. The van der Waals surface area contributed by atoms with Crippen LogP contribution in [0.25, 0.3) is 28.4 Å². The van der Waals surface area contributed by atoms with Gasteiger partial charge < -0.3 is 73.7 Å². The van der Waals surface area contributed by atoms with Crippen molar-refractivity contribution in [3.8, 4) is 34.3 Å². The highest BCUT2D eigenvalue weighted by atomic mass is 16.8. The van der Waals surface area contributed by atoms with Gasteiger partial charge in [-0.25, -0.2) is 4.79 Å². The number of phenols is 1. The Morgan fingerprint density at radius 1 is 0.815 bits per heavy atom. The molecule has 6 rings (SSSR count). The van der Waals surface area contributed by atoms with Crippen molar-refractivity contribution in [2.24, 2.45) is 0 Å². The molecule has 0 spiro atoms. The number of carbonyl (C=O) groups is 1. The number of ether oxygens (including phenoxy) is 6. The highest BCUT2D eigenvalue weighted by Gasteiger charge is 2.51. The Kier molecular flexibility index (Phi) is 11.9. The summed E-state index contributed by atoms with van der Waals surface area (Å²) >= 11 is 0. The molecule has 2 fully saturated rings. The number of aromatic hydroxyl groups is 1. The zero-order chi connectivity index (χ0) is 38.7. The summed E-state index contributed by atoms with van der Waals surface area (Å²) in [5, 5.41) is 82.3. The molecule has 2 aliphatic heterocycles. The zero-order valence-corrected chi connectivity index (χ0v) is 28.4. The van der Waals surface area contributed by atoms with Crippen LogP contribution >= 0.6 is 0 Å². The van der Waals surface area contributed by atoms with E-state index in [9.17, 15) is 50.4 Å². The molecule has 0 bridgehead atoms. The fraction of sp³-hybridized carbons (Fsp3) is 0.351. The van der Waals surface area contributed by atoms with Crippen molar-refractivity contribution in [3.63, 3.8) is 0 Å². The quantitative estimate of drug-likeness (QED) is 0.0560. The maximum atomic E-state index is 13.6. The molecule has 17 nitrogen and oxygen atoms in total. The maximum Gasteiger partial charge on any atom is 0.336 e. The molecule has 54 heavy (non-hydrogen) atoms. The van der Waals surface area contributed by atoms with Crippen LogP contribution in [0.1, 0.15) is 5.56 Å². The molecule has 10 atom stereocenters. The minimum atomic E-state index is -1.86. The summed E-state index contributed by atoms with van der Waals surface area (Å²) < 4.78 is 39.6. The third-order valence-corrected chi connectivity index (χ3v) is 8.87. The SMILES string of the molecule is COc1cc(O)c(OC(=O)C=Cc2ccccc2)c2c(=O)cc(-c3cccc(OC4OC(CO)C(O)C(O)C4OC4OC(CO)C(O)C(O)C4O)c3)oc12. The fourth-order valence-corrected chi connectivity index (χ4v) is 6.01. The second-order valence-electron chi connectivity index (χ2n) is 12.4. The van der Waals surface area contributed by atoms with Gasteiger partial charge in [0.1, 0.15) is 59.6 Å². The minimum Gasteiger partial charge on any atom is -0.504 e. The molecule has 10 unspecified atom stereocenters. The van der Waals surface area contributed by atoms with E-state index in [4.69, 9.17) is 32.8 Å². The van der Waals surface area contributed by atoms with Gasteiger partial charge in [-0.3, -0.25) is 4.79 Å². The number of hydrogen-bond donors (Lipinski definition) is 8. The van der Waals surface area contributed by atoms with E-state index in [0.717, 1.165) is 18.2 Å². The molecule has 4 aromatic rings. The fourth-order valence-electron chi connectivity index (χ4n) is 6.01. The molecule has 3 aromatic carbocycles. The van der Waals surface area contributed by atoms with Crippen LogP contribution in [0.3, 0.4) is 0 Å². The van der Waals surface area contributed by atoms with Gasteiger partial charge in [-0.1, -0.05) is 42.5 Å². The van der Waals surface area contributed by atoms with E-state index in [1.165, 1.54) is 31.4 Å². The Balaban J connectivity index is 1.29. The number of methoxy groups -OCH3 is 1. The molecule has 8 N–H and O–H groups in total. The molecule has 2 aliphatic rings. The Hall–Kier alpha value is -4.92. The predicted molar refractivity (Wildman–Crippen MR) is 184 cm³/mol. The van der Waals surface area contributed by atoms with Crippen LogP contribution < -0.4 is 19.6 Å². The van der Waals surface area contributed by atoms with Crippen LogP contribution in [-0.4, -0.2) is 129 Å². The molecule has 0 radical (unpaired) electrons. The van der Waals surface area contributed by atoms with Gasteiger partial charge in [0.15, 0.2) is 40.7 Å². The van der Waals surface area contributed by atoms with Crippen LogP contribution in [0, 0.1) is 0 Å². The van der Waals surface area contributed by atoms with Gasteiger partial charge in [0.25, 0.3) is 0 Å². The largest absolute Gasteiger partial charge is 0.504 e. The second kappa shape index (κ2) is 16.6. The number of aliphatic hydroxyl groups excluding tert-OH is 7. The number of carbonyl (C=O) groups excluding carboxylic acids is 1. The lowest BCUT2D eigenvalue weighted by Crippen LogP contribution is -2.65. The first kappa shape index (κ1) is 38.8. The van der Waals surface area contributed by atoms with Gasteiger partial charge in [0.05, 0.1) is 20.3 Å². The normalized spacial score (nSPS) is 28.6. The number of phenolic OH excluding ortho intramolecular Hbond substituents is 1. The average Bonchev–Trinajstić information content (AvgIpc) is 3.18. The van der Waals surface area contributed by atoms with E-state index in [0.29, 0.717) is 5.56 Å². The summed E-state index contributed by atoms with van der Waals surface area (Å²) in [5.41, 5.74) is 0.0913. The van der Waals surface area contributed by atoms with E-state index in [-0.39, 0.29) is 33.8 Å². The Morgan fingerprint density at radius 2 is 1.50 bits per heavy atom. The van der Waals surface area contributed by atoms with Crippen molar-refractivity contribution in [2.75, 3.05) is 20.3 Å². The highest BCUT2D eigenvalue weighted by molar-refractivity contribution is 5.96. The topological polar surface area (TPSA) is 264 Å². The molecule has 0 amide bonds. The molecule has 17 heteroatoms. The van der Waals surface area contributed by atoms with Crippen molar-refractivity contribution in [1.82, 2.24) is 0 Å². The first-order valence-electron chi connectivity index (χ1n) is 16.6. The summed E-state index contributed by atoms with van der Waals surface area (Å²) in [4.78, 5) is 26.3. The maximum absolute atomic E-state index is 13.6. The molecule has 3 heterocycles. The van der Waals surface area contributed by atoms with Gasteiger partial charge in [-0.05, 0) is 23.8 Å². The lowest BCUT2D eigenvalue weighted by molar-refractivity contribution is -0.357. The summed E-state index contributed by atoms with van der Waals surface area (Å²) in [7, 11) is 1.28. The second-order valence-corrected chi connectivity index (χ2v) is 12.4. The molecule has 0 saturated carbocycles. The van der Waals surface area contributed by atoms with Crippen LogP contribution in [-0.2, 0) is 19.0 Å². The molecule has 2 saturated heterocycles. The zero-order valence-electron chi connectivity index (χ0n) is 28.4. The minimum absolute atomic E-state index is 0.0226. The monoisotopic (exact) mass is 754 g/mol. The summed E-state index contributed by atoms with van der Waals surface area (Å²) in [5.74, 6) is -1.94. The first-order chi connectivity index (χ1) is 25.9. The van der Waals surface area contributed by atoms with Crippen molar-refractivity contribution >= 4 is 23.0 Å². The lowest BCUT2D eigenvalue weighted by atomic mass is 9.97. The van der Waals surface area contributed by atoms with E-state index < -0.39 is 97.5 Å². The first-order valence-corrected chi connectivity index (χ1v) is 16.6. The highest BCUT2D eigenvalue weighted by Crippen LogP contribution is 2.41. The van der Waals surface area contributed by atoms with Crippen molar-refractivity contribution in [2.45, 2.75) is 61.4 Å². The number of esters is 1. The van der Waals surface area contributed by atoms with E-state index in [2.05, 4.69) is 0 Å². The van der Waals surface area contributed by atoms with Crippen LogP contribution in [0.5, 0.6) is 23.0 Å². The third kappa shape index (κ3) is 7.96. The number of hydrogen-bond acceptors (Lipinski definition) is 17. The number of benzene rings is 3. The van der Waals surface area contributed by atoms with Crippen molar-refractivity contribution in [1.29, 1.82) is 0 Å². The van der Waals surface area contributed by atoms with E-state index >= 15 is 0 Å². The summed E-state index contributed by atoms with van der Waals surface area (Å²) in [6.07, 6.45) is -14.0. The van der Waals surface area contributed by atoms with Gasteiger partial charge in [-0.15, -0.1) is 0 Å². The molecule has 288 valence electrons. The van der Waals surface area contributed by atoms with Crippen LogP contribution in [0.15, 0.2) is 82.0 Å². The standard InChI is InChI=1S/C37H38O17/c1-48-23-14-21(41)33(53-26(42)11-10-17-6-3-2-4-7-17)27-20(40)13-22(50-34(23)27)18-8-5-9-19(12-18)49-37-35(31(46)29(44)25(16-39)52-37)54-36-32(47)30(45)28(43)24(15-38)51-36/h2-14,24-25,28-32,35-39,41,43-47H,15-16H2,1H3. The van der Waals surface area contributed by atoms with Crippen LogP contribution in [0.4, 0.5) is 0 Å². The van der Waals surface area contributed by atoms with E-state index in [1.54, 1.807) is 30.3 Å². The van der Waals surface area contributed by atoms with Gasteiger partial charge in [0, 0.05) is 23.8 Å². The average molecular weight is 755 g/mol. The van der Waals surface area contributed by atoms with Crippen LogP contribution in [0.2, 0.25) is 0 Å². The molecular formula is C37H38O17. The van der Waals surface area contributed by atoms with Crippen molar-refractivity contribution < 1.29 is 78.5 Å². The molecule has 0 aliphatic carbocycles. The summed E-state index contributed by atoms with van der Waals surface area (Å²) in [6.45, 7) is -1.50. The number of aliphatic hydroxyl groups is 7. The van der Waals surface area contributed by atoms with Gasteiger partial charge >= 0.3 is 5.97 Å². The molecular weight excluding hydrogens is 716 g/mol. The Labute approximate surface area is 306 Å². The van der Waals surface area contributed by atoms with Gasteiger partial charge in [-0.2, -0.15) is 0 Å². The third-order valence-electron chi connectivity index (χ3n) is 8.87. The van der Waals surface area contributed by atoms with Gasteiger partial charge in [0.2, 0.25) is 6.29 Å². The van der Waals surface area contributed by atoms with Crippen molar-refractivity contribution in [3.05, 3.63) is 88.6 Å². The number of rotatable bonds is 11. The summed E-state index contributed by atoms with van der Waals surface area (Å²) in [6, 6.07) is 17.0. The Morgan fingerprint density at radius 3 is 2.19 bits per heavy atom. The number of fused-ring (bicyclic) bond motifs is 1.